The van der Waals surface area contributed by atoms with Crippen molar-refractivity contribution in [3.63, 3.8) is 0 Å². The van der Waals surface area contributed by atoms with Crippen molar-refractivity contribution in [1.29, 1.82) is 0 Å². The van der Waals surface area contributed by atoms with Gasteiger partial charge in [0.1, 0.15) is 0 Å². The van der Waals surface area contributed by atoms with Crippen LogP contribution in [0.3, 0.4) is 0 Å². The summed E-state index contributed by atoms with van der Waals surface area (Å²) in [5.74, 6) is 0.832. The minimum absolute atomic E-state index is 0.324. The average Bonchev–Trinajstić information content (AvgIpc) is 2.18. The number of rotatable bonds is 5. The third kappa shape index (κ3) is 3.95. The Morgan fingerprint density at radius 2 is 2.36 bits per heavy atom. The highest BCUT2D eigenvalue weighted by Gasteiger charge is 2.20. The zero-order valence-corrected chi connectivity index (χ0v) is 9.41. The summed E-state index contributed by atoms with van der Waals surface area (Å²) in [6.45, 7) is 5.76. The number of aliphatic hydroxyl groups is 1. The molecule has 0 aromatic rings. The topological polar surface area (TPSA) is 32.7 Å². The van der Waals surface area contributed by atoms with Gasteiger partial charge in [0.2, 0.25) is 0 Å². The molecule has 84 valence electrons. The molecule has 0 bridgehead atoms. The standard InChI is InChI=1S/C11H23NO2/c1-3-10-5-4-6-12(7-10)8-11(13)9-14-2/h10-11,13H,3-9H2,1-2H3. The number of ether oxygens (including phenoxy) is 1. The zero-order valence-electron chi connectivity index (χ0n) is 9.41. The lowest BCUT2D eigenvalue weighted by atomic mass is 9.95. The molecule has 1 saturated heterocycles. The molecule has 0 radical (unpaired) electrons. The molecule has 1 rings (SSSR count). The van der Waals surface area contributed by atoms with E-state index >= 15 is 0 Å². The lowest BCUT2D eigenvalue weighted by Gasteiger charge is -2.33. The van der Waals surface area contributed by atoms with Crippen LogP contribution in [0, 0.1) is 5.92 Å². The molecule has 0 saturated carbocycles. The van der Waals surface area contributed by atoms with Crippen molar-refractivity contribution in [3.8, 4) is 0 Å². The van der Waals surface area contributed by atoms with Gasteiger partial charge in [-0.05, 0) is 25.3 Å². The minimum atomic E-state index is -0.324. The Morgan fingerprint density at radius 1 is 1.57 bits per heavy atom. The van der Waals surface area contributed by atoms with Gasteiger partial charge in [-0.1, -0.05) is 13.3 Å². The highest BCUT2D eigenvalue weighted by molar-refractivity contribution is 4.74. The molecule has 0 amide bonds. The molecule has 1 aliphatic rings. The van der Waals surface area contributed by atoms with Gasteiger partial charge in [0.15, 0.2) is 0 Å². The fourth-order valence-corrected chi connectivity index (χ4v) is 2.19. The molecule has 1 N–H and O–H groups in total. The molecule has 0 spiro atoms. The van der Waals surface area contributed by atoms with Crippen molar-refractivity contribution < 1.29 is 9.84 Å². The first-order valence-corrected chi connectivity index (χ1v) is 5.65. The van der Waals surface area contributed by atoms with Crippen molar-refractivity contribution in [2.75, 3.05) is 33.4 Å². The third-order valence-corrected chi connectivity index (χ3v) is 3.01. The molecule has 0 aromatic heterocycles. The number of aliphatic hydroxyl groups excluding tert-OH is 1. The smallest absolute Gasteiger partial charge is 0.0900 e. The largest absolute Gasteiger partial charge is 0.389 e. The molecular formula is C11H23NO2. The molecule has 3 nitrogen and oxygen atoms in total. The summed E-state index contributed by atoms with van der Waals surface area (Å²) in [6.07, 6.45) is 3.57. The Labute approximate surface area is 87.1 Å². The van der Waals surface area contributed by atoms with Crippen LogP contribution in [0.5, 0.6) is 0 Å². The first-order valence-electron chi connectivity index (χ1n) is 5.65. The Kier molecular flexibility index (Phi) is 5.45. The second-order valence-corrected chi connectivity index (χ2v) is 4.29. The molecule has 2 unspecified atom stereocenters. The molecule has 3 heteroatoms. The van der Waals surface area contributed by atoms with Gasteiger partial charge in [-0.2, -0.15) is 0 Å². The van der Waals surface area contributed by atoms with Crippen LogP contribution in [-0.4, -0.2) is 49.5 Å². The molecule has 1 fully saturated rings. The molecule has 2 atom stereocenters. The summed E-state index contributed by atoms with van der Waals surface area (Å²) in [5.41, 5.74) is 0. The maximum Gasteiger partial charge on any atom is 0.0900 e. The van der Waals surface area contributed by atoms with Crippen LogP contribution in [-0.2, 0) is 4.74 Å². The second-order valence-electron chi connectivity index (χ2n) is 4.29. The highest BCUT2D eigenvalue weighted by atomic mass is 16.5. The molecule has 1 aliphatic heterocycles. The first kappa shape index (κ1) is 12.0. The van der Waals surface area contributed by atoms with E-state index in [1.165, 1.54) is 19.3 Å². The number of nitrogens with zero attached hydrogens (tertiary/aromatic N) is 1. The number of hydrogen-bond acceptors (Lipinski definition) is 3. The Morgan fingerprint density at radius 3 is 3.00 bits per heavy atom. The van der Waals surface area contributed by atoms with E-state index in [1.807, 2.05) is 0 Å². The van der Waals surface area contributed by atoms with Crippen LogP contribution < -0.4 is 0 Å². The summed E-state index contributed by atoms with van der Waals surface area (Å²) < 4.78 is 4.92. The number of methoxy groups -OCH3 is 1. The van der Waals surface area contributed by atoms with E-state index in [0.29, 0.717) is 6.61 Å². The fourth-order valence-electron chi connectivity index (χ4n) is 2.19. The predicted octanol–water partition coefficient (Wildman–Crippen LogP) is 1.12. The van der Waals surface area contributed by atoms with Gasteiger partial charge < -0.3 is 14.7 Å². The number of β-amino-alcohol motifs (C(OH)–C–C–N with tert-alkyl or cyclic N) is 1. The Balaban J connectivity index is 2.22. The van der Waals surface area contributed by atoms with E-state index in [4.69, 9.17) is 4.74 Å². The lowest BCUT2D eigenvalue weighted by Crippen LogP contribution is -2.41. The van der Waals surface area contributed by atoms with Gasteiger partial charge in [-0.25, -0.2) is 0 Å². The molecule has 0 aliphatic carbocycles. The monoisotopic (exact) mass is 201 g/mol. The summed E-state index contributed by atoms with van der Waals surface area (Å²) >= 11 is 0. The Bertz CT molecular complexity index is 152. The molecule has 0 aromatic carbocycles. The molecular weight excluding hydrogens is 178 g/mol. The van der Waals surface area contributed by atoms with Crippen molar-refractivity contribution in [1.82, 2.24) is 4.90 Å². The van der Waals surface area contributed by atoms with Crippen LogP contribution >= 0.6 is 0 Å². The maximum atomic E-state index is 9.59. The third-order valence-electron chi connectivity index (χ3n) is 3.01. The van der Waals surface area contributed by atoms with Crippen molar-refractivity contribution in [2.24, 2.45) is 5.92 Å². The van der Waals surface area contributed by atoms with E-state index in [1.54, 1.807) is 7.11 Å². The maximum absolute atomic E-state index is 9.59. The number of hydrogen-bond donors (Lipinski definition) is 1. The van der Waals surface area contributed by atoms with Crippen molar-refractivity contribution in [2.45, 2.75) is 32.3 Å². The normalized spacial score (nSPS) is 26.4. The van der Waals surface area contributed by atoms with Gasteiger partial charge in [0.25, 0.3) is 0 Å². The van der Waals surface area contributed by atoms with Gasteiger partial charge >= 0.3 is 0 Å². The lowest BCUT2D eigenvalue weighted by molar-refractivity contribution is 0.0268. The van der Waals surface area contributed by atoms with Crippen LogP contribution in [0.4, 0.5) is 0 Å². The summed E-state index contributed by atoms with van der Waals surface area (Å²) in [6, 6.07) is 0. The van der Waals surface area contributed by atoms with Gasteiger partial charge in [-0.15, -0.1) is 0 Å². The number of piperidine rings is 1. The Hall–Kier alpha value is -0.120. The highest BCUT2D eigenvalue weighted by Crippen LogP contribution is 2.18. The number of likely N-dealkylation sites (tertiary alicyclic amines) is 1. The van der Waals surface area contributed by atoms with E-state index in [9.17, 15) is 5.11 Å². The van der Waals surface area contributed by atoms with E-state index in [0.717, 1.165) is 25.6 Å². The first-order chi connectivity index (χ1) is 6.76. The zero-order chi connectivity index (χ0) is 10.4. The minimum Gasteiger partial charge on any atom is -0.389 e. The van der Waals surface area contributed by atoms with Gasteiger partial charge in [-0.3, -0.25) is 0 Å². The summed E-state index contributed by atoms with van der Waals surface area (Å²) in [7, 11) is 1.63. The van der Waals surface area contributed by atoms with Gasteiger partial charge in [0, 0.05) is 20.2 Å². The summed E-state index contributed by atoms with van der Waals surface area (Å²) in [5, 5.41) is 9.59. The predicted molar refractivity (Wildman–Crippen MR) is 57.3 cm³/mol. The molecule has 14 heavy (non-hydrogen) atoms. The SMILES string of the molecule is CCC1CCCN(CC(O)COC)C1. The van der Waals surface area contributed by atoms with Crippen LogP contribution in [0.1, 0.15) is 26.2 Å². The quantitative estimate of drug-likeness (QED) is 0.723. The average molecular weight is 201 g/mol. The summed E-state index contributed by atoms with van der Waals surface area (Å²) in [4.78, 5) is 2.36. The van der Waals surface area contributed by atoms with Crippen LogP contribution in [0.15, 0.2) is 0 Å². The fraction of sp³-hybridized carbons (Fsp3) is 1.00. The van der Waals surface area contributed by atoms with Gasteiger partial charge in [0.05, 0.1) is 12.7 Å². The molecule has 1 heterocycles. The van der Waals surface area contributed by atoms with Crippen LogP contribution in [0.25, 0.3) is 0 Å². The van der Waals surface area contributed by atoms with E-state index in [-0.39, 0.29) is 6.10 Å². The second kappa shape index (κ2) is 6.38. The van der Waals surface area contributed by atoms with E-state index < -0.39 is 0 Å². The van der Waals surface area contributed by atoms with Crippen molar-refractivity contribution >= 4 is 0 Å². The van der Waals surface area contributed by atoms with Crippen LogP contribution in [0.2, 0.25) is 0 Å². The van der Waals surface area contributed by atoms with E-state index in [2.05, 4.69) is 11.8 Å². The van der Waals surface area contributed by atoms with Crippen molar-refractivity contribution in [3.05, 3.63) is 0 Å².